The summed E-state index contributed by atoms with van der Waals surface area (Å²) in [4.78, 5) is 4.28. The molecule has 0 saturated carbocycles. The first-order valence-electron chi connectivity index (χ1n) is 6.19. The molecule has 0 radical (unpaired) electrons. The van der Waals surface area contributed by atoms with Crippen molar-refractivity contribution in [1.82, 2.24) is 4.90 Å². The van der Waals surface area contributed by atoms with Crippen LogP contribution in [0.3, 0.4) is 0 Å². The molecule has 0 N–H and O–H groups in total. The van der Waals surface area contributed by atoms with Crippen molar-refractivity contribution in [2.24, 2.45) is 0 Å². The molecule has 2 heterocycles. The number of para-hydroxylation sites is 1. The summed E-state index contributed by atoms with van der Waals surface area (Å²) in [5.74, 6) is -0.895. The fraction of sp³-hybridized carbons (Fsp3) is 0.538. The van der Waals surface area contributed by atoms with Crippen molar-refractivity contribution in [3.05, 3.63) is 29.8 Å². The van der Waals surface area contributed by atoms with Gasteiger partial charge in [0.1, 0.15) is 17.3 Å². The number of anilines is 1. The summed E-state index contributed by atoms with van der Waals surface area (Å²) >= 11 is 0. The number of hydrogen-bond donors (Lipinski definition) is 0. The lowest BCUT2D eigenvalue weighted by molar-refractivity contribution is 0.229. The van der Waals surface area contributed by atoms with Crippen LogP contribution in [0.25, 0.3) is 0 Å². The molecule has 0 amide bonds. The maximum absolute atomic E-state index is 13.7. The smallest absolute Gasteiger partial charge is 0.149 e. The zero-order chi connectivity index (χ0) is 11.8. The number of benzene rings is 1. The highest BCUT2D eigenvalue weighted by atomic mass is 19.1. The maximum atomic E-state index is 13.7. The standard InChI is InChI=1S/C13H16F2N2/c14-11-4-1-5-12(15)13(11)17-8-7-16-6-2-3-10(16)9-17/h1,4-5,10H,2-3,6-9H2. The lowest BCUT2D eigenvalue weighted by atomic mass is 10.1. The van der Waals surface area contributed by atoms with E-state index in [1.54, 1.807) is 0 Å². The Kier molecular flexibility index (Phi) is 2.74. The molecule has 2 nitrogen and oxygen atoms in total. The van der Waals surface area contributed by atoms with Crippen LogP contribution < -0.4 is 4.90 Å². The van der Waals surface area contributed by atoms with Crippen molar-refractivity contribution in [2.75, 3.05) is 31.1 Å². The summed E-state index contributed by atoms with van der Waals surface area (Å²) in [6.45, 7) is 3.52. The average molecular weight is 238 g/mol. The predicted octanol–water partition coefficient (Wildman–Crippen LogP) is 2.25. The number of nitrogens with zero attached hydrogens (tertiary/aromatic N) is 2. The Hall–Kier alpha value is -1.16. The second kappa shape index (κ2) is 4.26. The van der Waals surface area contributed by atoms with Crippen LogP contribution in [0.15, 0.2) is 18.2 Å². The molecule has 0 aromatic heterocycles. The van der Waals surface area contributed by atoms with Crippen molar-refractivity contribution in [2.45, 2.75) is 18.9 Å². The minimum absolute atomic E-state index is 0.152. The van der Waals surface area contributed by atoms with Crippen LogP contribution in [-0.4, -0.2) is 37.1 Å². The van der Waals surface area contributed by atoms with Gasteiger partial charge in [-0.1, -0.05) is 6.07 Å². The molecule has 3 rings (SSSR count). The summed E-state index contributed by atoms with van der Waals surface area (Å²) in [5.41, 5.74) is 0.152. The molecular formula is C13H16F2N2. The van der Waals surface area contributed by atoms with Crippen molar-refractivity contribution in [3.8, 4) is 0 Å². The SMILES string of the molecule is Fc1cccc(F)c1N1CCN2CCCC2C1. The summed E-state index contributed by atoms with van der Waals surface area (Å²) in [7, 11) is 0. The fourth-order valence-electron chi connectivity index (χ4n) is 2.99. The molecule has 4 heteroatoms. The van der Waals surface area contributed by atoms with Gasteiger partial charge in [-0.2, -0.15) is 0 Å². The molecule has 0 aliphatic carbocycles. The molecule has 2 aliphatic heterocycles. The minimum atomic E-state index is -0.448. The largest absolute Gasteiger partial charge is 0.364 e. The number of hydrogen-bond acceptors (Lipinski definition) is 2. The highest BCUT2D eigenvalue weighted by Gasteiger charge is 2.32. The third-order valence-corrected chi connectivity index (χ3v) is 3.84. The van der Waals surface area contributed by atoms with Crippen molar-refractivity contribution < 1.29 is 8.78 Å². The molecule has 2 fully saturated rings. The van der Waals surface area contributed by atoms with Gasteiger partial charge in [-0.15, -0.1) is 0 Å². The van der Waals surface area contributed by atoms with Gasteiger partial charge in [0, 0.05) is 25.7 Å². The van der Waals surface area contributed by atoms with E-state index in [9.17, 15) is 8.78 Å². The zero-order valence-electron chi connectivity index (χ0n) is 9.70. The Labute approximate surface area is 99.8 Å². The van der Waals surface area contributed by atoms with Gasteiger partial charge < -0.3 is 4.90 Å². The van der Waals surface area contributed by atoms with E-state index in [1.807, 2.05) is 4.90 Å². The Morgan fingerprint density at radius 3 is 2.59 bits per heavy atom. The van der Waals surface area contributed by atoms with Crippen molar-refractivity contribution in [1.29, 1.82) is 0 Å². The van der Waals surface area contributed by atoms with E-state index in [2.05, 4.69) is 4.90 Å². The monoisotopic (exact) mass is 238 g/mol. The molecular weight excluding hydrogens is 222 g/mol. The van der Waals surface area contributed by atoms with Gasteiger partial charge in [0.05, 0.1) is 0 Å². The molecule has 2 saturated heterocycles. The molecule has 1 atom stereocenters. The fourth-order valence-corrected chi connectivity index (χ4v) is 2.99. The molecule has 92 valence electrons. The summed E-state index contributed by atoms with van der Waals surface area (Å²) in [6.07, 6.45) is 2.35. The van der Waals surface area contributed by atoms with Crippen LogP contribution in [0.2, 0.25) is 0 Å². The second-order valence-electron chi connectivity index (χ2n) is 4.85. The normalized spacial score (nSPS) is 25.1. The van der Waals surface area contributed by atoms with Gasteiger partial charge in [-0.3, -0.25) is 4.90 Å². The van der Waals surface area contributed by atoms with Gasteiger partial charge in [-0.25, -0.2) is 8.78 Å². The topological polar surface area (TPSA) is 6.48 Å². The van der Waals surface area contributed by atoms with Crippen LogP contribution in [0, 0.1) is 11.6 Å². The van der Waals surface area contributed by atoms with Crippen LogP contribution in [0.5, 0.6) is 0 Å². The molecule has 1 aromatic rings. The third kappa shape index (κ3) is 1.90. The first-order valence-corrected chi connectivity index (χ1v) is 6.19. The maximum Gasteiger partial charge on any atom is 0.149 e. The van der Waals surface area contributed by atoms with E-state index >= 15 is 0 Å². The van der Waals surface area contributed by atoms with Gasteiger partial charge >= 0.3 is 0 Å². The lowest BCUT2D eigenvalue weighted by Gasteiger charge is -2.38. The van der Waals surface area contributed by atoms with E-state index in [1.165, 1.54) is 24.6 Å². The van der Waals surface area contributed by atoms with E-state index in [0.29, 0.717) is 12.6 Å². The molecule has 1 aromatic carbocycles. The van der Waals surface area contributed by atoms with E-state index in [0.717, 1.165) is 26.1 Å². The lowest BCUT2D eigenvalue weighted by Crippen LogP contribution is -2.50. The second-order valence-corrected chi connectivity index (χ2v) is 4.85. The van der Waals surface area contributed by atoms with Crippen LogP contribution in [0.1, 0.15) is 12.8 Å². The quantitative estimate of drug-likeness (QED) is 0.740. The molecule has 0 spiro atoms. The van der Waals surface area contributed by atoms with Crippen molar-refractivity contribution in [3.63, 3.8) is 0 Å². The molecule has 17 heavy (non-hydrogen) atoms. The molecule has 0 bridgehead atoms. The zero-order valence-corrected chi connectivity index (χ0v) is 9.70. The van der Waals surface area contributed by atoms with Gasteiger partial charge in [0.2, 0.25) is 0 Å². The van der Waals surface area contributed by atoms with Crippen LogP contribution in [0.4, 0.5) is 14.5 Å². The van der Waals surface area contributed by atoms with Gasteiger partial charge in [-0.05, 0) is 31.5 Å². The number of piperazine rings is 1. The molecule has 1 unspecified atom stereocenters. The summed E-state index contributed by atoms with van der Waals surface area (Å²) in [5, 5.41) is 0. The van der Waals surface area contributed by atoms with E-state index in [-0.39, 0.29) is 5.69 Å². The third-order valence-electron chi connectivity index (χ3n) is 3.84. The number of rotatable bonds is 1. The van der Waals surface area contributed by atoms with Gasteiger partial charge in [0.25, 0.3) is 0 Å². The van der Waals surface area contributed by atoms with Crippen molar-refractivity contribution >= 4 is 5.69 Å². The highest BCUT2D eigenvalue weighted by molar-refractivity contribution is 5.49. The van der Waals surface area contributed by atoms with Gasteiger partial charge in [0.15, 0.2) is 0 Å². The van der Waals surface area contributed by atoms with Crippen LogP contribution >= 0.6 is 0 Å². The Bertz CT molecular complexity index is 402. The summed E-state index contributed by atoms with van der Waals surface area (Å²) < 4.78 is 27.4. The van der Waals surface area contributed by atoms with E-state index in [4.69, 9.17) is 0 Å². The average Bonchev–Trinajstić information content (AvgIpc) is 2.76. The minimum Gasteiger partial charge on any atom is -0.364 e. The predicted molar refractivity (Wildman–Crippen MR) is 63.2 cm³/mol. The first-order chi connectivity index (χ1) is 8.25. The Balaban J connectivity index is 1.85. The molecule has 2 aliphatic rings. The Morgan fingerprint density at radius 1 is 1.06 bits per heavy atom. The van der Waals surface area contributed by atoms with E-state index < -0.39 is 11.6 Å². The first kappa shape index (κ1) is 11.0. The highest BCUT2D eigenvalue weighted by Crippen LogP contribution is 2.28. The number of halogens is 2. The summed E-state index contributed by atoms with van der Waals surface area (Å²) in [6, 6.07) is 4.56. The van der Waals surface area contributed by atoms with Crippen LogP contribution in [-0.2, 0) is 0 Å². The number of fused-ring (bicyclic) bond motifs is 1. The Morgan fingerprint density at radius 2 is 1.82 bits per heavy atom.